The number of nitrogens with one attached hydrogen (secondary N) is 1. The van der Waals surface area contributed by atoms with E-state index in [0.717, 1.165) is 30.9 Å². The Morgan fingerprint density at radius 1 is 1.41 bits per heavy atom. The maximum Gasteiger partial charge on any atom is 0.0589 e. The molecule has 17 heavy (non-hydrogen) atoms. The molecular weight excluding hydrogens is 236 g/mol. The van der Waals surface area contributed by atoms with Gasteiger partial charge in [0.15, 0.2) is 0 Å². The van der Waals surface area contributed by atoms with E-state index in [1.54, 1.807) is 13.2 Å². The molecule has 0 atom stereocenters. The van der Waals surface area contributed by atoms with Crippen LogP contribution >= 0.6 is 11.6 Å². The van der Waals surface area contributed by atoms with E-state index >= 15 is 0 Å². The summed E-state index contributed by atoms with van der Waals surface area (Å²) in [7, 11) is 1.72. The van der Waals surface area contributed by atoms with Crippen LogP contribution in [0, 0.1) is 5.41 Å². The van der Waals surface area contributed by atoms with Crippen molar-refractivity contribution in [3.05, 3.63) is 23.2 Å². The molecule has 0 amide bonds. The first kappa shape index (κ1) is 14.1. The molecule has 0 saturated heterocycles. The summed E-state index contributed by atoms with van der Waals surface area (Å²) in [6, 6.07) is 5.45. The lowest BCUT2D eigenvalue weighted by Gasteiger charge is -2.25. The van der Waals surface area contributed by atoms with Crippen LogP contribution in [0.1, 0.15) is 20.3 Å². The van der Waals surface area contributed by atoms with Crippen molar-refractivity contribution in [2.45, 2.75) is 20.3 Å². The molecule has 3 nitrogen and oxygen atoms in total. The lowest BCUT2D eigenvalue weighted by molar-refractivity contribution is 0.157. The molecule has 1 aromatic rings. The Balaban J connectivity index is 2.57. The van der Waals surface area contributed by atoms with Crippen LogP contribution in [0.2, 0.25) is 5.02 Å². The van der Waals surface area contributed by atoms with Crippen LogP contribution in [-0.4, -0.2) is 20.3 Å². The quantitative estimate of drug-likeness (QED) is 0.767. The summed E-state index contributed by atoms with van der Waals surface area (Å²) in [4.78, 5) is 0. The fourth-order valence-corrected chi connectivity index (χ4v) is 1.65. The lowest BCUT2D eigenvalue weighted by Crippen LogP contribution is -2.25. The van der Waals surface area contributed by atoms with Gasteiger partial charge in [-0.25, -0.2) is 0 Å². The minimum atomic E-state index is 0.158. The van der Waals surface area contributed by atoms with Gasteiger partial charge in [0.1, 0.15) is 0 Å². The van der Waals surface area contributed by atoms with Crippen molar-refractivity contribution in [2.75, 3.05) is 31.3 Å². The molecule has 0 saturated carbocycles. The summed E-state index contributed by atoms with van der Waals surface area (Å²) >= 11 is 5.93. The van der Waals surface area contributed by atoms with E-state index in [2.05, 4.69) is 19.2 Å². The van der Waals surface area contributed by atoms with Crippen LogP contribution in [0.3, 0.4) is 0 Å². The van der Waals surface area contributed by atoms with Crippen molar-refractivity contribution in [2.24, 2.45) is 5.41 Å². The monoisotopic (exact) mass is 256 g/mol. The first-order valence-corrected chi connectivity index (χ1v) is 6.10. The third-order valence-corrected chi connectivity index (χ3v) is 2.99. The summed E-state index contributed by atoms with van der Waals surface area (Å²) in [6.45, 7) is 5.99. The predicted molar refractivity (Wildman–Crippen MR) is 74.6 cm³/mol. The third kappa shape index (κ3) is 4.84. The number of nitrogens with two attached hydrogens (primary N) is 1. The molecule has 0 unspecified atom stereocenters. The number of rotatable bonds is 6. The van der Waals surface area contributed by atoms with Gasteiger partial charge in [0, 0.05) is 25.3 Å². The Morgan fingerprint density at radius 2 is 2.12 bits per heavy atom. The molecule has 1 aromatic carbocycles. The van der Waals surface area contributed by atoms with Crippen LogP contribution in [0.4, 0.5) is 11.4 Å². The van der Waals surface area contributed by atoms with Crippen molar-refractivity contribution in [3.63, 3.8) is 0 Å². The fraction of sp³-hybridized carbons (Fsp3) is 0.538. The molecule has 0 heterocycles. The highest BCUT2D eigenvalue weighted by Crippen LogP contribution is 2.26. The maximum absolute atomic E-state index is 5.93. The standard InChI is InChI=1S/C13H21ClN2O/c1-13(2,6-7-17-3)9-16-12-8-10(14)4-5-11(12)15/h4-5,8,16H,6-7,9,15H2,1-3H3. The SMILES string of the molecule is COCCC(C)(C)CNc1cc(Cl)ccc1N. The molecule has 3 N–H and O–H groups in total. The second-order valence-electron chi connectivity index (χ2n) is 4.99. The normalized spacial score (nSPS) is 11.5. The molecule has 0 aliphatic heterocycles. The lowest BCUT2D eigenvalue weighted by atomic mass is 9.89. The van der Waals surface area contributed by atoms with E-state index in [4.69, 9.17) is 22.1 Å². The van der Waals surface area contributed by atoms with Crippen molar-refractivity contribution >= 4 is 23.0 Å². The van der Waals surface area contributed by atoms with Gasteiger partial charge in [-0.15, -0.1) is 0 Å². The summed E-state index contributed by atoms with van der Waals surface area (Å²) in [5, 5.41) is 4.03. The van der Waals surface area contributed by atoms with Gasteiger partial charge in [0.25, 0.3) is 0 Å². The average Bonchev–Trinajstić information content (AvgIpc) is 2.28. The number of methoxy groups -OCH3 is 1. The smallest absolute Gasteiger partial charge is 0.0589 e. The summed E-state index contributed by atoms with van der Waals surface area (Å²) in [5.74, 6) is 0. The average molecular weight is 257 g/mol. The molecule has 0 bridgehead atoms. The number of halogens is 1. The number of nitrogen functional groups attached to an aromatic ring is 1. The first-order valence-electron chi connectivity index (χ1n) is 5.72. The molecule has 0 spiro atoms. The number of hydrogen-bond acceptors (Lipinski definition) is 3. The molecule has 0 aromatic heterocycles. The molecule has 96 valence electrons. The largest absolute Gasteiger partial charge is 0.397 e. The highest BCUT2D eigenvalue weighted by molar-refractivity contribution is 6.31. The molecule has 1 rings (SSSR count). The Bertz CT molecular complexity index is 366. The molecule has 0 fully saturated rings. The number of benzene rings is 1. The zero-order valence-electron chi connectivity index (χ0n) is 10.7. The van der Waals surface area contributed by atoms with E-state index in [9.17, 15) is 0 Å². The number of anilines is 2. The maximum atomic E-state index is 5.93. The highest BCUT2D eigenvalue weighted by Gasteiger charge is 2.17. The predicted octanol–water partition coefficient (Wildman–Crippen LogP) is 3.40. The Hall–Kier alpha value is -0.930. The molecular formula is C13H21ClN2O. The third-order valence-electron chi connectivity index (χ3n) is 2.76. The minimum absolute atomic E-state index is 0.158. The van der Waals surface area contributed by atoms with Gasteiger partial charge in [-0.3, -0.25) is 0 Å². The van der Waals surface area contributed by atoms with Crippen LogP contribution in [0.15, 0.2) is 18.2 Å². The van der Waals surface area contributed by atoms with Crippen molar-refractivity contribution < 1.29 is 4.74 Å². The zero-order valence-corrected chi connectivity index (χ0v) is 11.5. The van der Waals surface area contributed by atoms with E-state index in [1.165, 1.54) is 0 Å². The molecule has 0 radical (unpaired) electrons. The summed E-state index contributed by atoms with van der Waals surface area (Å²) in [6.07, 6.45) is 0.997. The second-order valence-corrected chi connectivity index (χ2v) is 5.43. The molecule has 0 aliphatic carbocycles. The van der Waals surface area contributed by atoms with Gasteiger partial charge in [0.05, 0.1) is 11.4 Å². The zero-order chi connectivity index (χ0) is 12.9. The van der Waals surface area contributed by atoms with Crippen molar-refractivity contribution in [1.82, 2.24) is 0 Å². The summed E-state index contributed by atoms with van der Waals surface area (Å²) < 4.78 is 5.10. The fourth-order valence-electron chi connectivity index (χ4n) is 1.48. The number of ether oxygens (including phenoxy) is 1. The van der Waals surface area contributed by atoms with E-state index in [1.807, 2.05) is 12.1 Å². The minimum Gasteiger partial charge on any atom is -0.397 e. The van der Waals surface area contributed by atoms with E-state index in [0.29, 0.717) is 5.02 Å². The summed E-state index contributed by atoms with van der Waals surface area (Å²) in [5.41, 5.74) is 7.64. The Kier molecular flexibility index (Phi) is 5.09. The highest BCUT2D eigenvalue weighted by atomic mass is 35.5. The van der Waals surface area contributed by atoms with Gasteiger partial charge >= 0.3 is 0 Å². The Labute approximate surface area is 108 Å². The van der Waals surface area contributed by atoms with Gasteiger partial charge in [-0.05, 0) is 30.0 Å². The first-order chi connectivity index (χ1) is 7.94. The number of hydrogen-bond donors (Lipinski definition) is 2. The van der Waals surface area contributed by atoms with Crippen LogP contribution in [0.5, 0.6) is 0 Å². The Morgan fingerprint density at radius 3 is 2.76 bits per heavy atom. The topological polar surface area (TPSA) is 47.3 Å². The van der Waals surface area contributed by atoms with Crippen LogP contribution in [0.25, 0.3) is 0 Å². The van der Waals surface area contributed by atoms with Crippen LogP contribution < -0.4 is 11.1 Å². The van der Waals surface area contributed by atoms with Gasteiger partial charge < -0.3 is 15.8 Å². The second kappa shape index (κ2) is 6.12. The van der Waals surface area contributed by atoms with Crippen molar-refractivity contribution in [3.8, 4) is 0 Å². The van der Waals surface area contributed by atoms with Gasteiger partial charge in [-0.1, -0.05) is 25.4 Å². The molecule has 0 aliphatic rings. The van der Waals surface area contributed by atoms with Crippen molar-refractivity contribution in [1.29, 1.82) is 0 Å². The van der Waals surface area contributed by atoms with E-state index in [-0.39, 0.29) is 5.41 Å². The van der Waals surface area contributed by atoms with Gasteiger partial charge in [0.2, 0.25) is 0 Å². The van der Waals surface area contributed by atoms with Crippen LogP contribution in [-0.2, 0) is 4.74 Å². The van der Waals surface area contributed by atoms with E-state index < -0.39 is 0 Å². The van der Waals surface area contributed by atoms with Gasteiger partial charge in [-0.2, -0.15) is 0 Å². The molecule has 4 heteroatoms.